The Balaban J connectivity index is 1.27. The lowest BCUT2D eigenvalue weighted by Gasteiger charge is -2.35. The summed E-state index contributed by atoms with van der Waals surface area (Å²) in [5.41, 5.74) is 2.84. The van der Waals surface area contributed by atoms with Gasteiger partial charge in [-0.3, -0.25) is 9.36 Å². The van der Waals surface area contributed by atoms with Crippen LogP contribution in [0.15, 0.2) is 77.6 Å². The zero-order valence-corrected chi connectivity index (χ0v) is 19.8. The maximum atomic E-state index is 13.7. The quantitative estimate of drug-likeness (QED) is 0.406. The molecule has 1 amide bonds. The number of nitrogens with one attached hydrogen (secondary N) is 2. The number of fused-ring (bicyclic) bond motifs is 1. The Bertz CT molecular complexity index is 1410. The van der Waals surface area contributed by atoms with E-state index in [1.807, 2.05) is 59.2 Å². The summed E-state index contributed by atoms with van der Waals surface area (Å²) in [6.45, 7) is 2.17. The lowest BCUT2D eigenvalue weighted by atomic mass is 10.0. The van der Waals surface area contributed by atoms with Crippen LogP contribution >= 0.6 is 0 Å². The van der Waals surface area contributed by atoms with Gasteiger partial charge in [0.25, 0.3) is 5.91 Å². The average molecular weight is 491 g/mol. The molecule has 5 rings (SSSR count). The number of aromatic nitrogens is 2. The van der Waals surface area contributed by atoms with Crippen molar-refractivity contribution in [3.8, 4) is 0 Å². The van der Waals surface area contributed by atoms with Crippen molar-refractivity contribution in [2.45, 2.75) is 31.3 Å². The first kappa shape index (κ1) is 23.9. The number of hydrogen-bond donors (Lipinski definition) is 2. The van der Waals surface area contributed by atoms with Crippen molar-refractivity contribution in [1.29, 1.82) is 0 Å². The zero-order valence-electron chi connectivity index (χ0n) is 19.8. The molecule has 0 aliphatic carbocycles. The fourth-order valence-corrected chi connectivity index (χ4v) is 5.07. The summed E-state index contributed by atoms with van der Waals surface area (Å²) >= 11 is 0. The first-order valence-electron chi connectivity index (χ1n) is 12.2. The Hall–Kier alpha value is -3.78. The van der Waals surface area contributed by atoms with Crippen LogP contribution in [0.3, 0.4) is 0 Å². The summed E-state index contributed by atoms with van der Waals surface area (Å²) in [7, 11) is 0. The zero-order chi connectivity index (χ0) is 25.1. The Labute approximate surface area is 207 Å². The van der Waals surface area contributed by atoms with Crippen molar-refractivity contribution in [3.05, 3.63) is 106 Å². The number of aromatic amines is 1. The van der Waals surface area contributed by atoms with Crippen molar-refractivity contribution in [2.24, 2.45) is 0 Å². The van der Waals surface area contributed by atoms with E-state index in [9.17, 15) is 18.4 Å². The summed E-state index contributed by atoms with van der Waals surface area (Å²) in [5.74, 6) is -2.46. The van der Waals surface area contributed by atoms with Crippen molar-refractivity contribution in [2.75, 3.05) is 19.6 Å². The number of para-hydroxylation sites is 2. The highest BCUT2D eigenvalue weighted by Gasteiger charge is 2.26. The lowest BCUT2D eigenvalue weighted by Crippen LogP contribution is -2.47. The standard InChI is InChI=1S/C28H28F2N4O2/c29-23-11-10-20(17-24(23)30)27(35)31-21(16-19-6-2-1-3-7-19)18-33-14-12-22(13-15-33)34-26-9-5-4-8-25(26)32-28(34)36/h1-11,17,21-22H,12-16,18H2,(H,31,35)(H,32,36)/t21-/m0/s1. The van der Waals surface area contributed by atoms with Crippen LogP contribution in [0, 0.1) is 11.6 Å². The van der Waals surface area contributed by atoms with E-state index in [-0.39, 0.29) is 23.3 Å². The minimum Gasteiger partial charge on any atom is -0.348 e. The van der Waals surface area contributed by atoms with Gasteiger partial charge in [-0.2, -0.15) is 0 Å². The van der Waals surface area contributed by atoms with Crippen molar-refractivity contribution < 1.29 is 13.6 Å². The largest absolute Gasteiger partial charge is 0.348 e. The smallest absolute Gasteiger partial charge is 0.326 e. The molecule has 1 aromatic heterocycles. The molecule has 0 radical (unpaired) electrons. The van der Waals surface area contributed by atoms with Crippen LogP contribution < -0.4 is 11.0 Å². The Morgan fingerprint density at radius 1 is 0.972 bits per heavy atom. The molecule has 36 heavy (non-hydrogen) atoms. The van der Waals surface area contributed by atoms with Crippen LogP contribution in [0.5, 0.6) is 0 Å². The summed E-state index contributed by atoms with van der Waals surface area (Å²) < 4.78 is 28.9. The molecule has 6 nitrogen and oxygen atoms in total. The average Bonchev–Trinajstić information content (AvgIpc) is 3.22. The van der Waals surface area contributed by atoms with Crippen LogP contribution in [0.2, 0.25) is 0 Å². The number of piperidine rings is 1. The molecule has 2 N–H and O–H groups in total. The number of H-pyrrole nitrogens is 1. The van der Waals surface area contributed by atoms with Crippen molar-refractivity contribution in [3.63, 3.8) is 0 Å². The number of halogens is 2. The molecule has 1 saturated heterocycles. The number of likely N-dealkylation sites (tertiary alicyclic amines) is 1. The molecule has 8 heteroatoms. The number of hydrogen-bond acceptors (Lipinski definition) is 3. The second-order valence-corrected chi connectivity index (χ2v) is 9.34. The molecule has 1 aliphatic heterocycles. The molecular weight excluding hydrogens is 462 g/mol. The number of nitrogens with zero attached hydrogens (tertiary/aromatic N) is 2. The molecule has 2 heterocycles. The molecule has 1 fully saturated rings. The summed E-state index contributed by atoms with van der Waals surface area (Å²) in [5, 5.41) is 3.02. The third-order valence-corrected chi connectivity index (χ3v) is 6.87. The van der Waals surface area contributed by atoms with E-state index in [0.29, 0.717) is 13.0 Å². The molecule has 1 aliphatic rings. The molecule has 0 saturated carbocycles. The first-order valence-corrected chi connectivity index (χ1v) is 12.2. The molecule has 0 bridgehead atoms. The summed E-state index contributed by atoms with van der Waals surface area (Å²) in [6, 6.07) is 20.6. The van der Waals surface area contributed by atoms with Crippen molar-refractivity contribution >= 4 is 16.9 Å². The lowest BCUT2D eigenvalue weighted by molar-refractivity contribution is 0.0914. The molecule has 186 valence electrons. The highest BCUT2D eigenvalue weighted by Crippen LogP contribution is 2.25. The van der Waals surface area contributed by atoms with Crippen LogP contribution in [-0.2, 0) is 6.42 Å². The van der Waals surface area contributed by atoms with Gasteiger partial charge in [0.1, 0.15) is 0 Å². The molecule has 3 aromatic carbocycles. The fraction of sp³-hybridized carbons (Fsp3) is 0.286. The Morgan fingerprint density at radius 2 is 1.69 bits per heavy atom. The van der Waals surface area contributed by atoms with Gasteiger partial charge < -0.3 is 15.2 Å². The van der Waals surface area contributed by atoms with E-state index in [4.69, 9.17) is 0 Å². The maximum Gasteiger partial charge on any atom is 0.326 e. The van der Waals surface area contributed by atoms with Gasteiger partial charge in [0, 0.05) is 37.3 Å². The maximum absolute atomic E-state index is 13.7. The number of carbonyl (C=O) groups excluding carboxylic acids is 1. The molecular formula is C28H28F2N4O2. The molecule has 0 spiro atoms. The molecule has 0 unspecified atom stereocenters. The third kappa shape index (κ3) is 5.23. The Kier molecular flexibility index (Phi) is 6.95. The van der Waals surface area contributed by atoms with Crippen molar-refractivity contribution in [1.82, 2.24) is 19.8 Å². The number of carbonyl (C=O) groups is 1. The van der Waals surface area contributed by atoms with Crippen LogP contribution in [-0.4, -0.2) is 46.0 Å². The molecule has 4 aromatic rings. The van der Waals surface area contributed by atoms with Gasteiger partial charge in [-0.25, -0.2) is 13.6 Å². The van der Waals surface area contributed by atoms with Crippen LogP contribution in [0.1, 0.15) is 34.8 Å². The fourth-order valence-electron chi connectivity index (χ4n) is 5.07. The second-order valence-electron chi connectivity index (χ2n) is 9.34. The summed E-state index contributed by atoms with van der Waals surface area (Å²) in [4.78, 5) is 30.7. The van der Waals surface area contributed by atoms with E-state index < -0.39 is 17.5 Å². The van der Waals surface area contributed by atoms with Crippen LogP contribution in [0.25, 0.3) is 11.0 Å². The monoisotopic (exact) mass is 490 g/mol. The first-order chi connectivity index (χ1) is 17.5. The highest BCUT2D eigenvalue weighted by molar-refractivity contribution is 5.94. The topological polar surface area (TPSA) is 70.1 Å². The SMILES string of the molecule is O=C(N[C@@H](Cc1ccccc1)CN1CCC(n2c(=O)[nH]c3ccccc32)CC1)c1ccc(F)c(F)c1. The number of imidazole rings is 1. The molecule has 1 atom stereocenters. The predicted molar refractivity (Wildman–Crippen MR) is 135 cm³/mol. The van der Waals surface area contributed by atoms with E-state index >= 15 is 0 Å². The minimum atomic E-state index is -1.04. The highest BCUT2D eigenvalue weighted by atomic mass is 19.2. The predicted octanol–water partition coefficient (Wildman–Crippen LogP) is 4.29. The van der Waals surface area contributed by atoms with Crippen LogP contribution in [0.4, 0.5) is 8.78 Å². The van der Waals surface area contributed by atoms with Gasteiger partial charge in [0.2, 0.25) is 0 Å². The normalized spacial score (nSPS) is 15.7. The number of amides is 1. The van der Waals surface area contributed by atoms with E-state index in [1.165, 1.54) is 6.07 Å². The van der Waals surface area contributed by atoms with Gasteiger partial charge in [-0.15, -0.1) is 0 Å². The van der Waals surface area contributed by atoms with E-state index in [0.717, 1.165) is 54.7 Å². The van der Waals surface area contributed by atoms with Gasteiger partial charge in [-0.05, 0) is 55.2 Å². The minimum absolute atomic E-state index is 0.0874. The number of rotatable bonds is 7. The third-order valence-electron chi connectivity index (χ3n) is 6.87. The van der Waals surface area contributed by atoms with Gasteiger partial charge in [-0.1, -0.05) is 42.5 Å². The second kappa shape index (κ2) is 10.5. The van der Waals surface area contributed by atoms with Gasteiger partial charge in [0.15, 0.2) is 11.6 Å². The van der Waals surface area contributed by atoms with E-state index in [2.05, 4.69) is 15.2 Å². The van der Waals surface area contributed by atoms with Gasteiger partial charge in [0.05, 0.1) is 11.0 Å². The Morgan fingerprint density at radius 3 is 2.44 bits per heavy atom. The number of benzene rings is 3. The van der Waals surface area contributed by atoms with E-state index in [1.54, 1.807) is 0 Å². The van der Waals surface area contributed by atoms with Gasteiger partial charge >= 0.3 is 5.69 Å². The summed E-state index contributed by atoms with van der Waals surface area (Å²) in [6.07, 6.45) is 2.24.